The average molecular weight is 355 g/mol. The lowest BCUT2D eigenvalue weighted by molar-refractivity contribution is 0.318. The Hall–Kier alpha value is -1.72. The molecule has 0 saturated carbocycles. The zero-order valence-corrected chi connectivity index (χ0v) is 12.8. The Kier molecular flexibility index (Phi) is 4.87. The molecule has 104 valence electrons. The van der Waals surface area contributed by atoms with Gasteiger partial charge >= 0.3 is 0 Å². The second-order valence-electron chi connectivity index (χ2n) is 4.17. The van der Waals surface area contributed by atoms with Crippen molar-refractivity contribution in [2.45, 2.75) is 6.54 Å². The molecule has 2 rings (SSSR count). The van der Waals surface area contributed by atoms with Crippen LogP contribution in [-0.4, -0.2) is 11.0 Å². The van der Waals surface area contributed by atoms with E-state index in [1.54, 1.807) is 6.07 Å². The lowest BCUT2D eigenvalue weighted by Crippen LogP contribution is -2.13. The van der Waals surface area contributed by atoms with E-state index in [1.165, 1.54) is 0 Å². The van der Waals surface area contributed by atoms with Crippen molar-refractivity contribution in [2.75, 3.05) is 5.32 Å². The summed E-state index contributed by atoms with van der Waals surface area (Å²) < 4.78 is 0.860. The molecule has 4 nitrogen and oxygen atoms in total. The minimum absolute atomic E-state index is 0.0959. The van der Waals surface area contributed by atoms with Gasteiger partial charge in [-0.3, -0.25) is 0 Å². The van der Waals surface area contributed by atoms with E-state index in [1.807, 2.05) is 36.4 Å². The molecule has 0 atom stereocenters. The molecule has 0 amide bonds. The number of nitrogens with zero attached hydrogens (tertiary/aromatic N) is 1. The fourth-order valence-electron chi connectivity index (χ4n) is 1.71. The van der Waals surface area contributed by atoms with Crippen molar-refractivity contribution in [3.63, 3.8) is 0 Å². The van der Waals surface area contributed by atoms with E-state index in [4.69, 9.17) is 22.5 Å². The van der Waals surface area contributed by atoms with Gasteiger partial charge in [0.25, 0.3) is 0 Å². The zero-order chi connectivity index (χ0) is 14.5. The molecule has 0 saturated heterocycles. The number of oxime groups is 1. The second-order valence-corrected chi connectivity index (χ2v) is 5.43. The molecule has 0 bridgehead atoms. The number of benzene rings is 2. The molecule has 0 spiro atoms. The van der Waals surface area contributed by atoms with Gasteiger partial charge < -0.3 is 16.3 Å². The highest BCUT2D eigenvalue weighted by molar-refractivity contribution is 9.10. The van der Waals surface area contributed by atoms with Crippen molar-refractivity contribution in [3.05, 3.63) is 63.1 Å². The number of halogens is 2. The van der Waals surface area contributed by atoms with Crippen molar-refractivity contribution < 1.29 is 5.21 Å². The van der Waals surface area contributed by atoms with Gasteiger partial charge in [-0.1, -0.05) is 35.0 Å². The first-order chi connectivity index (χ1) is 9.60. The Bertz CT molecular complexity index is 646. The van der Waals surface area contributed by atoms with Crippen LogP contribution in [-0.2, 0) is 6.54 Å². The lowest BCUT2D eigenvalue weighted by Gasteiger charge is -2.09. The second kappa shape index (κ2) is 6.63. The summed E-state index contributed by atoms with van der Waals surface area (Å²) in [4.78, 5) is 0. The first-order valence-corrected chi connectivity index (χ1v) is 7.03. The summed E-state index contributed by atoms with van der Waals surface area (Å²) in [5.41, 5.74) is 8.19. The summed E-state index contributed by atoms with van der Waals surface area (Å²) in [6.45, 7) is 0.616. The molecule has 0 aromatic heterocycles. The Morgan fingerprint density at radius 1 is 1.30 bits per heavy atom. The van der Waals surface area contributed by atoms with Crippen LogP contribution in [0.1, 0.15) is 11.1 Å². The summed E-state index contributed by atoms with van der Waals surface area (Å²) in [7, 11) is 0. The normalized spacial score (nSPS) is 11.4. The predicted molar refractivity (Wildman–Crippen MR) is 85.4 cm³/mol. The predicted octanol–water partition coefficient (Wildman–Crippen LogP) is 3.81. The molecule has 0 aliphatic rings. The molecule has 0 heterocycles. The van der Waals surface area contributed by atoms with E-state index in [0.717, 1.165) is 15.7 Å². The van der Waals surface area contributed by atoms with Gasteiger partial charge in [-0.25, -0.2) is 0 Å². The van der Waals surface area contributed by atoms with Gasteiger partial charge in [0.05, 0.1) is 5.02 Å². The first-order valence-electron chi connectivity index (χ1n) is 5.86. The van der Waals surface area contributed by atoms with E-state index >= 15 is 0 Å². The Morgan fingerprint density at radius 2 is 2.10 bits per heavy atom. The lowest BCUT2D eigenvalue weighted by atomic mass is 10.1. The maximum absolute atomic E-state index is 8.67. The quantitative estimate of drug-likeness (QED) is 0.338. The number of amidine groups is 1. The molecule has 6 heteroatoms. The van der Waals surface area contributed by atoms with Crippen LogP contribution in [0.25, 0.3) is 0 Å². The maximum Gasteiger partial charge on any atom is 0.170 e. The van der Waals surface area contributed by atoms with Crippen molar-refractivity contribution in [1.29, 1.82) is 0 Å². The van der Waals surface area contributed by atoms with Crippen molar-refractivity contribution in [2.24, 2.45) is 10.9 Å². The molecule has 0 radical (unpaired) electrons. The van der Waals surface area contributed by atoms with Crippen molar-refractivity contribution in [3.8, 4) is 0 Å². The summed E-state index contributed by atoms with van der Waals surface area (Å²) in [6, 6.07) is 13.1. The fraction of sp³-hybridized carbons (Fsp3) is 0.0714. The molecule has 0 fully saturated rings. The van der Waals surface area contributed by atoms with E-state index in [9.17, 15) is 0 Å². The third-order valence-electron chi connectivity index (χ3n) is 2.75. The van der Waals surface area contributed by atoms with Gasteiger partial charge in [0.1, 0.15) is 0 Å². The number of rotatable bonds is 4. The molecule has 0 unspecified atom stereocenters. The average Bonchev–Trinajstić information content (AvgIpc) is 2.48. The van der Waals surface area contributed by atoms with Crippen LogP contribution in [0.15, 0.2) is 52.1 Å². The highest BCUT2D eigenvalue weighted by atomic mass is 79.9. The summed E-state index contributed by atoms with van der Waals surface area (Å²) in [5.74, 6) is 0.0959. The van der Waals surface area contributed by atoms with Gasteiger partial charge in [0, 0.05) is 22.3 Å². The van der Waals surface area contributed by atoms with E-state index in [-0.39, 0.29) is 5.84 Å². The fourth-order valence-corrected chi connectivity index (χ4v) is 2.14. The topological polar surface area (TPSA) is 70.6 Å². The molecule has 2 aromatic rings. The number of nitrogens with one attached hydrogen (secondary N) is 1. The zero-order valence-electron chi connectivity index (χ0n) is 10.5. The van der Waals surface area contributed by atoms with Gasteiger partial charge in [0.15, 0.2) is 5.84 Å². The standard InChI is InChI=1S/C14H13BrClN3O/c15-12-5-4-11(7-13(12)16)18-8-9-2-1-3-10(6-9)14(17)19-20/h1-7,18,20H,8H2,(H2,17,19). The van der Waals surface area contributed by atoms with Crippen LogP contribution in [0.2, 0.25) is 5.02 Å². The van der Waals surface area contributed by atoms with Crippen LogP contribution in [0.5, 0.6) is 0 Å². The Labute approximate surface area is 130 Å². The minimum Gasteiger partial charge on any atom is -0.409 e. The van der Waals surface area contributed by atoms with Gasteiger partial charge in [-0.15, -0.1) is 0 Å². The smallest absolute Gasteiger partial charge is 0.170 e. The molecule has 2 aromatic carbocycles. The monoisotopic (exact) mass is 353 g/mol. The van der Waals surface area contributed by atoms with E-state index in [0.29, 0.717) is 17.1 Å². The summed E-state index contributed by atoms with van der Waals surface area (Å²) in [6.07, 6.45) is 0. The van der Waals surface area contributed by atoms with Crippen LogP contribution >= 0.6 is 27.5 Å². The summed E-state index contributed by atoms with van der Waals surface area (Å²) >= 11 is 9.38. The number of anilines is 1. The maximum atomic E-state index is 8.67. The molecular formula is C14H13BrClN3O. The Balaban J connectivity index is 2.09. The summed E-state index contributed by atoms with van der Waals surface area (Å²) in [5, 5.41) is 15.6. The third-order valence-corrected chi connectivity index (χ3v) is 3.98. The van der Waals surface area contributed by atoms with Crippen molar-refractivity contribution in [1.82, 2.24) is 0 Å². The van der Waals surface area contributed by atoms with Gasteiger partial charge in [-0.05, 0) is 45.8 Å². The minimum atomic E-state index is 0.0959. The molecular weight excluding hydrogens is 342 g/mol. The number of hydrogen-bond acceptors (Lipinski definition) is 3. The number of nitrogens with two attached hydrogens (primary N) is 1. The highest BCUT2D eigenvalue weighted by Gasteiger charge is 2.02. The highest BCUT2D eigenvalue weighted by Crippen LogP contribution is 2.25. The Morgan fingerprint density at radius 3 is 2.80 bits per heavy atom. The van der Waals surface area contributed by atoms with E-state index in [2.05, 4.69) is 26.4 Å². The molecule has 0 aliphatic carbocycles. The SMILES string of the molecule is N/C(=N/O)c1cccc(CNc2ccc(Br)c(Cl)c2)c1. The first kappa shape index (κ1) is 14.7. The van der Waals surface area contributed by atoms with Gasteiger partial charge in [0.2, 0.25) is 0 Å². The molecule has 4 N–H and O–H groups in total. The largest absolute Gasteiger partial charge is 0.409 e. The van der Waals surface area contributed by atoms with Crippen LogP contribution in [0.3, 0.4) is 0 Å². The van der Waals surface area contributed by atoms with E-state index < -0.39 is 0 Å². The van der Waals surface area contributed by atoms with Crippen LogP contribution in [0, 0.1) is 0 Å². The van der Waals surface area contributed by atoms with Crippen LogP contribution < -0.4 is 11.1 Å². The third kappa shape index (κ3) is 3.65. The van der Waals surface area contributed by atoms with Crippen molar-refractivity contribution >= 4 is 39.1 Å². The number of hydrogen-bond donors (Lipinski definition) is 3. The molecule has 20 heavy (non-hydrogen) atoms. The molecule has 0 aliphatic heterocycles. The van der Waals surface area contributed by atoms with Crippen LogP contribution in [0.4, 0.5) is 5.69 Å². The van der Waals surface area contributed by atoms with Gasteiger partial charge in [-0.2, -0.15) is 0 Å².